The molecule has 4 heteroatoms. The highest BCUT2D eigenvalue weighted by Gasteiger charge is 2.05. The van der Waals surface area contributed by atoms with Crippen molar-refractivity contribution in [3.05, 3.63) is 28.8 Å². The smallest absolute Gasteiger partial charge is 0.276 e. The number of nitrogens with zero attached hydrogens (tertiary/aromatic N) is 2. The van der Waals surface area contributed by atoms with E-state index < -0.39 is 0 Å². The van der Waals surface area contributed by atoms with Crippen molar-refractivity contribution in [1.82, 2.24) is 14.8 Å². The van der Waals surface area contributed by atoms with E-state index in [0.717, 1.165) is 5.39 Å². The molecule has 0 saturated carbocycles. The van der Waals surface area contributed by atoms with E-state index in [1.807, 2.05) is 26.1 Å². The molecule has 0 saturated heterocycles. The van der Waals surface area contributed by atoms with Crippen molar-refractivity contribution in [2.24, 2.45) is 0 Å². The number of pyridine rings is 1. The first-order chi connectivity index (χ1) is 6.18. The lowest BCUT2D eigenvalue weighted by molar-refractivity contribution is 0.537. The molecule has 0 aliphatic heterocycles. The van der Waals surface area contributed by atoms with Gasteiger partial charge in [-0.25, -0.2) is 0 Å². The van der Waals surface area contributed by atoms with Crippen LogP contribution in [0.5, 0.6) is 0 Å². The highest BCUT2D eigenvalue weighted by atomic mass is 16.1. The maximum atomic E-state index is 11.3. The van der Waals surface area contributed by atoms with Gasteiger partial charge in [0.1, 0.15) is 0 Å². The van der Waals surface area contributed by atoms with Crippen LogP contribution in [0.25, 0.3) is 10.9 Å². The molecule has 1 N–H and O–H groups in total. The second-order valence-electron chi connectivity index (χ2n) is 3.31. The van der Waals surface area contributed by atoms with Gasteiger partial charge in [-0.2, -0.15) is 5.10 Å². The van der Waals surface area contributed by atoms with Gasteiger partial charge in [0.05, 0.1) is 0 Å². The number of nitrogens with one attached hydrogen (secondary N) is 1. The van der Waals surface area contributed by atoms with Gasteiger partial charge >= 0.3 is 0 Å². The van der Waals surface area contributed by atoms with Crippen molar-refractivity contribution >= 4 is 10.9 Å². The number of aromatic nitrogens is 3. The predicted octanol–water partition coefficient (Wildman–Crippen LogP) is 1.31. The molecule has 0 aliphatic carbocycles. The van der Waals surface area contributed by atoms with Crippen molar-refractivity contribution in [2.45, 2.75) is 19.9 Å². The van der Waals surface area contributed by atoms with E-state index in [0.29, 0.717) is 5.52 Å². The summed E-state index contributed by atoms with van der Waals surface area (Å²) in [6.45, 7) is 4.06. The van der Waals surface area contributed by atoms with Gasteiger partial charge < -0.3 is 4.98 Å². The minimum atomic E-state index is -0.128. The SMILES string of the molecule is CC(C)n1cc2cc[nH]c(=O)c2n1. The normalized spacial score (nSPS) is 11.3. The van der Waals surface area contributed by atoms with E-state index in [-0.39, 0.29) is 11.6 Å². The highest BCUT2D eigenvalue weighted by Crippen LogP contribution is 2.10. The molecule has 68 valence electrons. The summed E-state index contributed by atoms with van der Waals surface area (Å²) in [4.78, 5) is 13.9. The molecule has 2 heterocycles. The fraction of sp³-hybridized carbons (Fsp3) is 0.333. The van der Waals surface area contributed by atoms with Gasteiger partial charge in [-0.1, -0.05) is 0 Å². The van der Waals surface area contributed by atoms with Crippen LogP contribution in [0, 0.1) is 0 Å². The van der Waals surface area contributed by atoms with Crippen molar-refractivity contribution < 1.29 is 0 Å². The number of aromatic amines is 1. The van der Waals surface area contributed by atoms with Gasteiger partial charge in [-0.15, -0.1) is 0 Å². The quantitative estimate of drug-likeness (QED) is 0.713. The lowest BCUT2D eigenvalue weighted by Crippen LogP contribution is -2.06. The van der Waals surface area contributed by atoms with E-state index in [9.17, 15) is 4.79 Å². The summed E-state index contributed by atoms with van der Waals surface area (Å²) >= 11 is 0. The lowest BCUT2D eigenvalue weighted by atomic mass is 10.3. The summed E-state index contributed by atoms with van der Waals surface area (Å²) in [5, 5.41) is 5.07. The lowest BCUT2D eigenvalue weighted by Gasteiger charge is -2.01. The third kappa shape index (κ3) is 1.24. The zero-order chi connectivity index (χ0) is 9.42. The monoisotopic (exact) mass is 177 g/mol. The number of H-pyrrole nitrogens is 1. The molecule has 13 heavy (non-hydrogen) atoms. The van der Waals surface area contributed by atoms with Crippen molar-refractivity contribution in [3.63, 3.8) is 0 Å². The summed E-state index contributed by atoms with van der Waals surface area (Å²) in [6, 6.07) is 2.13. The van der Waals surface area contributed by atoms with E-state index in [2.05, 4.69) is 10.1 Å². The molecule has 0 amide bonds. The molecular weight excluding hydrogens is 166 g/mol. The van der Waals surface area contributed by atoms with Crippen molar-refractivity contribution in [1.29, 1.82) is 0 Å². The molecule has 2 aromatic heterocycles. The first-order valence-corrected chi connectivity index (χ1v) is 4.25. The fourth-order valence-corrected chi connectivity index (χ4v) is 1.24. The van der Waals surface area contributed by atoms with Crippen LogP contribution >= 0.6 is 0 Å². The standard InChI is InChI=1S/C9H11N3O/c1-6(2)12-5-7-3-4-10-9(13)8(7)11-12/h3-6H,1-2H3,(H,10,13). The third-order valence-corrected chi connectivity index (χ3v) is 1.98. The topological polar surface area (TPSA) is 50.7 Å². The van der Waals surface area contributed by atoms with Gasteiger partial charge in [0.15, 0.2) is 5.52 Å². The Morgan fingerprint density at radius 3 is 2.92 bits per heavy atom. The van der Waals surface area contributed by atoms with E-state index in [1.54, 1.807) is 10.9 Å². The molecule has 0 unspecified atom stereocenters. The number of rotatable bonds is 1. The summed E-state index contributed by atoms with van der Waals surface area (Å²) < 4.78 is 1.79. The van der Waals surface area contributed by atoms with E-state index >= 15 is 0 Å². The van der Waals surface area contributed by atoms with Gasteiger partial charge in [-0.05, 0) is 19.9 Å². The molecular formula is C9H11N3O. The number of hydrogen-bond acceptors (Lipinski definition) is 2. The predicted molar refractivity (Wildman–Crippen MR) is 50.7 cm³/mol. The molecule has 0 spiro atoms. The molecule has 0 fully saturated rings. The zero-order valence-corrected chi connectivity index (χ0v) is 7.61. The maximum absolute atomic E-state index is 11.3. The van der Waals surface area contributed by atoms with Crippen LogP contribution in [0.3, 0.4) is 0 Å². The summed E-state index contributed by atoms with van der Waals surface area (Å²) in [5.74, 6) is 0. The first kappa shape index (κ1) is 8.04. The Hall–Kier alpha value is -1.58. The van der Waals surface area contributed by atoms with Crippen molar-refractivity contribution in [3.8, 4) is 0 Å². The van der Waals surface area contributed by atoms with Crippen LogP contribution in [-0.4, -0.2) is 14.8 Å². The van der Waals surface area contributed by atoms with Crippen LogP contribution in [0.1, 0.15) is 19.9 Å². The number of fused-ring (bicyclic) bond motifs is 1. The summed E-state index contributed by atoms with van der Waals surface area (Å²) in [5.41, 5.74) is 0.383. The van der Waals surface area contributed by atoms with Crippen molar-refractivity contribution in [2.75, 3.05) is 0 Å². The molecule has 0 aliphatic rings. The molecule has 0 aromatic carbocycles. The second kappa shape index (κ2) is 2.73. The highest BCUT2D eigenvalue weighted by molar-refractivity contribution is 5.76. The summed E-state index contributed by atoms with van der Waals surface area (Å²) in [6.07, 6.45) is 3.52. The van der Waals surface area contributed by atoms with Crippen LogP contribution < -0.4 is 5.56 Å². The maximum Gasteiger partial charge on any atom is 0.276 e. The molecule has 0 radical (unpaired) electrons. The van der Waals surface area contributed by atoms with Crippen LogP contribution in [-0.2, 0) is 0 Å². The second-order valence-corrected chi connectivity index (χ2v) is 3.31. The Bertz CT molecular complexity index is 481. The van der Waals surface area contributed by atoms with E-state index in [4.69, 9.17) is 0 Å². The summed E-state index contributed by atoms with van der Waals surface area (Å²) in [7, 11) is 0. The minimum Gasteiger partial charge on any atom is -0.327 e. The third-order valence-electron chi connectivity index (χ3n) is 1.98. The van der Waals surface area contributed by atoms with Crippen LogP contribution in [0.15, 0.2) is 23.3 Å². The average Bonchev–Trinajstić information content (AvgIpc) is 2.49. The van der Waals surface area contributed by atoms with Gasteiger partial charge in [-0.3, -0.25) is 9.48 Å². The van der Waals surface area contributed by atoms with Gasteiger partial charge in [0, 0.05) is 23.8 Å². The van der Waals surface area contributed by atoms with Gasteiger partial charge in [0.2, 0.25) is 0 Å². The largest absolute Gasteiger partial charge is 0.327 e. The van der Waals surface area contributed by atoms with E-state index in [1.165, 1.54) is 0 Å². The van der Waals surface area contributed by atoms with Gasteiger partial charge in [0.25, 0.3) is 5.56 Å². The Morgan fingerprint density at radius 1 is 1.54 bits per heavy atom. The molecule has 2 aromatic rings. The average molecular weight is 177 g/mol. The number of hydrogen-bond donors (Lipinski definition) is 1. The Labute approximate surface area is 75.2 Å². The van der Waals surface area contributed by atoms with Crippen LogP contribution in [0.4, 0.5) is 0 Å². The molecule has 4 nitrogen and oxygen atoms in total. The fourth-order valence-electron chi connectivity index (χ4n) is 1.24. The zero-order valence-electron chi connectivity index (χ0n) is 7.61. The Kier molecular flexibility index (Phi) is 1.69. The minimum absolute atomic E-state index is 0.128. The Balaban J connectivity index is 2.76. The van der Waals surface area contributed by atoms with Crippen LogP contribution in [0.2, 0.25) is 0 Å². The first-order valence-electron chi connectivity index (χ1n) is 4.25. The Morgan fingerprint density at radius 2 is 2.31 bits per heavy atom. The molecule has 0 atom stereocenters. The molecule has 0 bridgehead atoms. The molecule has 2 rings (SSSR count).